The topological polar surface area (TPSA) is 64.0 Å². The molecule has 2 bridgehead atoms. The Hall–Kier alpha value is -2.18. The number of aromatic nitrogens is 2. The highest BCUT2D eigenvalue weighted by molar-refractivity contribution is 7.91. The first-order chi connectivity index (χ1) is 13.6. The Kier molecular flexibility index (Phi) is 4.48. The monoisotopic (exact) mass is 395 g/mol. The minimum atomic E-state index is -3.32. The summed E-state index contributed by atoms with van der Waals surface area (Å²) in [7, 11) is -3.32. The van der Waals surface area contributed by atoms with Crippen molar-refractivity contribution in [2.24, 2.45) is 0 Å². The van der Waals surface area contributed by atoms with Gasteiger partial charge in [-0.1, -0.05) is 30.3 Å². The van der Waals surface area contributed by atoms with Gasteiger partial charge < -0.3 is 9.88 Å². The molecule has 5 rings (SSSR count). The van der Waals surface area contributed by atoms with Crippen LogP contribution in [0.15, 0.2) is 59.5 Å². The molecule has 146 valence electrons. The summed E-state index contributed by atoms with van der Waals surface area (Å²) in [4.78, 5) is 5.22. The zero-order chi connectivity index (χ0) is 19.1. The molecule has 6 heteroatoms. The van der Waals surface area contributed by atoms with Crippen LogP contribution in [0.25, 0.3) is 11.0 Å². The first kappa shape index (κ1) is 17.9. The van der Waals surface area contributed by atoms with Gasteiger partial charge in [0.25, 0.3) is 0 Å². The molecule has 3 aromatic rings. The van der Waals surface area contributed by atoms with Crippen LogP contribution in [0.4, 0.5) is 0 Å². The molecule has 0 spiro atoms. The van der Waals surface area contributed by atoms with E-state index in [9.17, 15) is 8.42 Å². The number of hydrogen-bond acceptors (Lipinski definition) is 4. The van der Waals surface area contributed by atoms with Gasteiger partial charge in [0.2, 0.25) is 0 Å². The van der Waals surface area contributed by atoms with Crippen molar-refractivity contribution in [2.45, 2.75) is 55.1 Å². The summed E-state index contributed by atoms with van der Waals surface area (Å²) in [6.07, 6.45) is 5.10. The molecule has 28 heavy (non-hydrogen) atoms. The third-order valence-electron chi connectivity index (χ3n) is 6.18. The van der Waals surface area contributed by atoms with E-state index >= 15 is 0 Å². The molecule has 0 aliphatic carbocycles. The number of imidazole rings is 1. The number of benzene rings is 2. The molecule has 0 amide bonds. The lowest BCUT2D eigenvalue weighted by atomic mass is 9.99. The van der Waals surface area contributed by atoms with Crippen LogP contribution in [0.5, 0.6) is 0 Å². The van der Waals surface area contributed by atoms with Crippen LogP contribution in [0, 0.1) is 0 Å². The van der Waals surface area contributed by atoms with Crippen molar-refractivity contribution < 1.29 is 8.42 Å². The van der Waals surface area contributed by atoms with Crippen LogP contribution < -0.4 is 5.32 Å². The lowest BCUT2D eigenvalue weighted by molar-refractivity contribution is 0.299. The molecule has 2 aliphatic heterocycles. The molecule has 0 radical (unpaired) electrons. The molecule has 2 fully saturated rings. The van der Waals surface area contributed by atoms with Crippen molar-refractivity contribution >= 4 is 20.9 Å². The van der Waals surface area contributed by atoms with Crippen molar-refractivity contribution in [3.63, 3.8) is 0 Å². The van der Waals surface area contributed by atoms with E-state index in [1.165, 1.54) is 12.8 Å². The molecule has 2 atom stereocenters. The molecule has 3 heterocycles. The second kappa shape index (κ2) is 7.01. The lowest BCUT2D eigenvalue weighted by Gasteiger charge is -2.31. The zero-order valence-electron chi connectivity index (χ0n) is 15.8. The van der Waals surface area contributed by atoms with Crippen LogP contribution in [0.1, 0.15) is 37.5 Å². The smallest absolute Gasteiger partial charge is 0.178 e. The van der Waals surface area contributed by atoms with Crippen LogP contribution in [-0.4, -0.2) is 35.8 Å². The fourth-order valence-electron chi connectivity index (χ4n) is 4.89. The van der Waals surface area contributed by atoms with E-state index in [2.05, 4.69) is 16.0 Å². The summed E-state index contributed by atoms with van der Waals surface area (Å²) in [5, 5.41) is 3.70. The van der Waals surface area contributed by atoms with Gasteiger partial charge in [0.15, 0.2) is 9.84 Å². The third-order valence-corrected chi connectivity index (χ3v) is 7.91. The van der Waals surface area contributed by atoms with E-state index in [-0.39, 0.29) is 5.75 Å². The van der Waals surface area contributed by atoms with Gasteiger partial charge in [-0.3, -0.25) is 0 Å². The summed E-state index contributed by atoms with van der Waals surface area (Å²) in [6.45, 7) is 0. The van der Waals surface area contributed by atoms with Gasteiger partial charge in [-0.2, -0.15) is 0 Å². The highest BCUT2D eigenvalue weighted by Gasteiger charge is 2.35. The average molecular weight is 396 g/mol. The summed E-state index contributed by atoms with van der Waals surface area (Å²) >= 11 is 0. The summed E-state index contributed by atoms with van der Waals surface area (Å²) < 4.78 is 27.9. The Balaban J connectivity index is 1.48. The van der Waals surface area contributed by atoms with E-state index in [0.717, 1.165) is 29.7 Å². The van der Waals surface area contributed by atoms with E-state index in [1.54, 1.807) is 24.3 Å². The molecule has 0 saturated carbocycles. The zero-order valence-corrected chi connectivity index (χ0v) is 16.6. The average Bonchev–Trinajstić information content (AvgIpc) is 3.26. The first-order valence-corrected chi connectivity index (χ1v) is 11.7. The van der Waals surface area contributed by atoms with Crippen molar-refractivity contribution in [1.82, 2.24) is 14.9 Å². The molecule has 1 N–H and O–H groups in total. The number of fused-ring (bicyclic) bond motifs is 3. The van der Waals surface area contributed by atoms with E-state index in [4.69, 9.17) is 4.98 Å². The summed E-state index contributed by atoms with van der Waals surface area (Å²) in [5.41, 5.74) is 2.08. The number of para-hydroxylation sites is 2. The number of nitrogens with zero attached hydrogens (tertiary/aromatic N) is 2. The van der Waals surface area contributed by atoms with Gasteiger partial charge in [0.1, 0.15) is 5.82 Å². The van der Waals surface area contributed by atoms with Gasteiger partial charge in [-0.05, 0) is 49.9 Å². The fourth-order valence-corrected chi connectivity index (χ4v) is 6.15. The molecule has 2 saturated heterocycles. The quantitative estimate of drug-likeness (QED) is 0.718. The maximum absolute atomic E-state index is 12.8. The molecule has 5 nitrogen and oxygen atoms in total. The Morgan fingerprint density at radius 3 is 2.39 bits per heavy atom. The number of aryl methyl sites for hydroxylation is 1. The molecule has 2 aliphatic rings. The first-order valence-electron chi connectivity index (χ1n) is 10.1. The van der Waals surface area contributed by atoms with Crippen molar-refractivity contribution in [3.05, 3.63) is 60.4 Å². The lowest BCUT2D eigenvalue weighted by Crippen LogP contribution is -2.39. The van der Waals surface area contributed by atoms with Crippen LogP contribution in [0.3, 0.4) is 0 Å². The Morgan fingerprint density at radius 1 is 0.964 bits per heavy atom. The van der Waals surface area contributed by atoms with Gasteiger partial charge >= 0.3 is 0 Å². The largest absolute Gasteiger partial charge is 0.325 e. The van der Waals surface area contributed by atoms with Crippen molar-refractivity contribution in [3.8, 4) is 0 Å². The predicted molar refractivity (Wildman–Crippen MR) is 110 cm³/mol. The third kappa shape index (κ3) is 3.25. The Labute approximate surface area is 165 Å². The Morgan fingerprint density at radius 2 is 1.64 bits per heavy atom. The number of rotatable bonds is 5. The van der Waals surface area contributed by atoms with E-state index in [0.29, 0.717) is 29.4 Å². The molecule has 2 unspecified atom stereocenters. The normalized spacial score (nSPS) is 24.6. The molecular weight excluding hydrogens is 370 g/mol. The predicted octanol–water partition coefficient (Wildman–Crippen LogP) is 3.51. The highest BCUT2D eigenvalue weighted by Crippen LogP contribution is 2.36. The maximum atomic E-state index is 12.8. The maximum Gasteiger partial charge on any atom is 0.178 e. The second-order valence-electron chi connectivity index (χ2n) is 8.03. The number of nitrogens with one attached hydrogen (secondary N) is 1. The van der Waals surface area contributed by atoms with Crippen LogP contribution in [0.2, 0.25) is 0 Å². The number of piperidine rings is 1. The van der Waals surface area contributed by atoms with Crippen LogP contribution >= 0.6 is 0 Å². The van der Waals surface area contributed by atoms with Crippen molar-refractivity contribution in [1.29, 1.82) is 0 Å². The van der Waals surface area contributed by atoms with E-state index in [1.807, 2.05) is 24.3 Å². The molecule has 1 aromatic heterocycles. The van der Waals surface area contributed by atoms with Gasteiger partial charge in [-0.25, -0.2) is 13.4 Å². The second-order valence-corrected chi connectivity index (χ2v) is 10.1. The minimum Gasteiger partial charge on any atom is -0.325 e. The van der Waals surface area contributed by atoms with Gasteiger partial charge in [-0.15, -0.1) is 0 Å². The van der Waals surface area contributed by atoms with Gasteiger partial charge in [0.05, 0.1) is 21.7 Å². The SMILES string of the molecule is O=S(=O)(CCc1nc2ccccc2n1C1CC2CCC(C1)N2)c1ccccc1. The standard InChI is InChI=1S/C22H25N3O2S/c26-28(27,19-6-2-1-3-7-19)13-12-22-24-20-8-4-5-9-21(20)25(22)18-14-16-10-11-17(15-18)23-16/h1-9,16-18,23H,10-15H2. The number of sulfone groups is 1. The molecular formula is C22H25N3O2S. The van der Waals surface area contributed by atoms with Crippen molar-refractivity contribution in [2.75, 3.05) is 5.75 Å². The van der Waals surface area contributed by atoms with Gasteiger partial charge in [0, 0.05) is 24.5 Å². The van der Waals surface area contributed by atoms with E-state index < -0.39 is 9.84 Å². The summed E-state index contributed by atoms with van der Waals surface area (Å²) in [6, 6.07) is 18.4. The minimum absolute atomic E-state index is 0.0815. The highest BCUT2D eigenvalue weighted by atomic mass is 32.2. The number of hydrogen-bond donors (Lipinski definition) is 1. The van der Waals surface area contributed by atoms with Crippen LogP contribution in [-0.2, 0) is 16.3 Å². The summed E-state index contributed by atoms with van der Waals surface area (Å²) in [5.74, 6) is 0.977. The fraction of sp³-hybridized carbons (Fsp3) is 0.409. The molecule has 2 aromatic carbocycles. The Bertz CT molecular complexity index is 1080.